The Morgan fingerprint density at radius 3 is 2.31 bits per heavy atom. The van der Waals surface area contributed by atoms with Crippen LogP contribution in [0.15, 0.2) is 72.8 Å². The third-order valence-corrected chi connectivity index (χ3v) is 4.94. The number of anilines is 2. The van der Waals surface area contributed by atoms with Crippen LogP contribution in [0.5, 0.6) is 0 Å². The smallest absolute Gasteiger partial charge is 0.262 e. The van der Waals surface area contributed by atoms with E-state index in [2.05, 4.69) is 55.6 Å². The fourth-order valence-electron chi connectivity index (χ4n) is 3.39. The average molecular weight is 342 g/mol. The molecule has 0 radical (unpaired) electrons. The van der Waals surface area contributed by atoms with Crippen LogP contribution in [-0.2, 0) is 6.42 Å². The van der Waals surface area contributed by atoms with Crippen molar-refractivity contribution in [1.29, 1.82) is 0 Å². The van der Waals surface area contributed by atoms with Crippen molar-refractivity contribution in [1.82, 2.24) is 0 Å². The van der Waals surface area contributed by atoms with Crippen molar-refractivity contribution in [2.45, 2.75) is 26.4 Å². The first-order valence-corrected chi connectivity index (χ1v) is 9.02. The van der Waals surface area contributed by atoms with E-state index in [1.54, 1.807) is 0 Å². The SMILES string of the molecule is CCc1ccc(N2C(=O)c3ccccc3NC2c2ccc(C)cc2)cc1. The van der Waals surface area contributed by atoms with E-state index in [9.17, 15) is 4.79 Å². The first-order chi connectivity index (χ1) is 12.7. The Kier molecular flexibility index (Phi) is 4.21. The van der Waals surface area contributed by atoms with Crippen molar-refractivity contribution in [3.8, 4) is 0 Å². The summed E-state index contributed by atoms with van der Waals surface area (Å²) in [5, 5.41) is 3.55. The van der Waals surface area contributed by atoms with E-state index in [1.807, 2.05) is 41.3 Å². The monoisotopic (exact) mass is 342 g/mol. The first kappa shape index (κ1) is 16.4. The van der Waals surface area contributed by atoms with Gasteiger partial charge >= 0.3 is 0 Å². The number of carbonyl (C=O) groups is 1. The summed E-state index contributed by atoms with van der Waals surface area (Å²) in [4.78, 5) is 15.2. The summed E-state index contributed by atoms with van der Waals surface area (Å²) in [5.74, 6) is 0.0224. The van der Waals surface area contributed by atoms with Crippen molar-refractivity contribution in [3.05, 3.63) is 95.1 Å². The van der Waals surface area contributed by atoms with Crippen LogP contribution < -0.4 is 10.2 Å². The summed E-state index contributed by atoms with van der Waals surface area (Å²) >= 11 is 0. The highest BCUT2D eigenvalue weighted by Gasteiger charge is 2.33. The summed E-state index contributed by atoms with van der Waals surface area (Å²) in [5.41, 5.74) is 6.02. The molecule has 0 fully saturated rings. The molecule has 130 valence electrons. The number of amides is 1. The molecule has 1 amide bonds. The molecule has 3 nitrogen and oxygen atoms in total. The molecule has 4 rings (SSSR count). The first-order valence-electron chi connectivity index (χ1n) is 9.02. The second-order valence-corrected chi connectivity index (χ2v) is 6.70. The average Bonchev–Trinajstić information content (AvgIpc) is 2.69. The van der Waals surface area contributed by atoms with Crippen LogP contribution in [0, 0.1) is 6.92 Å². The lowest BCUT2D eigenvalue weighted by Gasteiger charge is -2.38. The molecule has 1 aliphatic heterocycles. The van der Waals surface area contributed by atoms with Crippen LogP contribution in [0.1, 0.15) is 40.1 Å². The van der Waals surface area contributed by atoms with E-state index in [-0.39, 0.29) is 12.1 Å². The third kappa shape index (κ3) is 2.86. The number of aryl methyl sites for hydroxylation is 2. The molecule has 3 aromatic rings. The van der Waals surface area contributed by atoms with Crippen LogP contribution in [0.3, 0.4) is 0 Å². The molecule has 3 aromatic carbocycles. The van der Waals surface area contributed by atoms with Gasteiger partial charge in [-0.15, -0.1) is 0 Å². The second kappa shape index (κ2) is 6.68. The molecule has 0 aliphatic carbocycles. The Hall–Kier alpha value is -3.07. The lowest BCUT2D eigenvalue weighted by atomic mass is 10.0. The van der Waals surface area contributed by atoms with Crippen LogP contribution in [0.4, 0.5) is 11.4 Å². The van der Waals surface area contributed by atoms with Gasteiger partial charge in [0.2, 0.25) is 0 Å². The van der Waals surface area contributed by atoms with Gasteiger partial charge in [0.15, 0.2) is 0 Å². The molecule has 0 spiro atoms. The second-order valence-electron chi connectivity index (χ2n) is 6.70. The van der Waals surface area contributed by atoms with Crippen molar-refractivity contribution in [2.24, 2.45) is 0 Å². The topological polar surface area (TPSA) is 32.3 Å². The van der Waals surface area contributed by atoms with Gasteiger partial charge in [-0.2, -0.15) is 0 Å². The highest BCUT2D eigenvalue weighted by Crippen LogP contribution is 2.36. The molecule has 0 bridgehead atoms. The quantitative estimate of drug-likeness (QED) is 0.698. The van der Waals surface area contributed by atoms with Gasteiger partial charge in [-0.05, 0) is 48.7 Å². The molecule has 1 aliphatic rings. The number of fused-ring (bicyclic) bond motifs is 1. The van der Waals surface area contributed by atoms with Crippen LogP contribution >= 0.6 is 0 Å². The maximum Gasteiger partial charge on any atom is 0.262 e. The number of hydrogen-bond acceptors (Lipinski definition) is 2. The van der Waals surface area contributed by atoms with E-state index >= 15 is 0 Å². The van der Waals surface area contributed by atoms with Crippen molar-refractivity contribution in [2.75, 3.05) is 10.2 Å². The van der Waals surface area contributed by atoms with E-state index in [1.165, 1.54) is 11.1 Å². The lowest BCUT2D eigenvalue weighted by molar-refractivity contribution is 0.0975. The lowest BCUT2D eigenvalue weighted by Crippen LogP contribution is -2.43. The Morgan fingerprint density at radius 1 is 0.923 bits per heavy atom. The minimum Gasteiger partial charge on any atom is -0.360 e. The van der Waals surface area contributed by atoms with E-state index in [4.69, 9.17) is 0 Å². The zero-order chi connectivity index (χ0) is 18.1. The minimum atomic E-state index is -0.231. The molecule has 26 heavy (non-hydrogen) atoms. The Bertz CT molecular complexity index is 929. The Labute approximate surface area is 154 Å². The van der Waals surface area contributed by atoms with Gasteiger partial charge in [0.05, 0.1) is 5.56 Å². The molecule has 3 heteroatoms. The number of nitrogens with one attached hydrogen (secondary N) is 1. The molecule has 0 saturated carbocycles. The summed E-state index contributed by atoms with van der Waals surface area (Å²) in [6, 6.07) is 24.3. The standard InChI is InChI=1S/C23H22N2O/c1-3-17-10-14-19(15-11-17)25-22(18-12-8-16(2)9-13-18)24-21-7-5-4-6-20(21)23(25)26/h4-15,22,24H,3H2,1-2H3. The van der Waals surface area contributed by atoms with Crippen molar-refractivity contribution >= 4 is 17.3 Å². The van der Waals surface area contributed by atoms with Gasteiger partial charge in [-0.25, -0.2) is 0 Å². The van der Waals surface area contributed by atoms with Crippen LogP contribution in [0.25, 0.3) is 0 Å². The van der Waals surface area contributed by atoms with Crippen LogP contribution in [0.2, 0.25) is 0 Å². The van der Waals surface area contributed by atoms with E-state index in [0.29, 0.717) is 5.56 Å². The predicted octanol–water partition coefficient (Wildman–Crippen LogP) is 5.33. The maximum atomic E-state index is 13.3. The van der Waals surface area contributed by atoms with E-state index < -0.39 is 0 Å². The van der Waals surface area contributed by atoms with Crippen LogP contribution in [-0.4, -0.2) is 5.91 Å². The number of hydrogen-bond donors (Lipinski definition) is 1. The number of rotatable bonds is 3. The fourth-order valence-corrected chi connectivity index (χ4v) is 3.39. The number of para-hydroxylation sites is 1. The fraction of sp³-hybridized carbons (Fsp3) is 0.174. The number of carbonyl (C=O) groups excluding carboxylic acids is 1. The van der Waals surface area contributed by atoms with Gasteiger partial charge in [0.25, 0.3) is 5.91 Å². The Morgan fingerprint density at radius 2 is 1.62 bits per heavy atom. The highest BCUT2D eigenvalue weighted by molar-refractivity contribution is 6.12. The van der Waals surface area contributed by atoms with Gasteiger partial charge in [0.1, 0.15) is 6.17 Å². The normalized spacial score (nSPS) is 16.2. The molecule has 1 heterocycles. The Balaban J connectivity index is 1.82. The van der Waals surface area contributed by atoms with E-state index in [0.717, 1.165) is 23.4 Å². The van der Waals surface area contributed by atoms with Gasteiger partial charge < -0.3 is 5.32 Å². The van der Waals surface area contributed by atoms with Crippen molar-refractivity contribution in [3.63, 3.8) is 0 Å². The zero-order valence-electron chi connectivity index (χ0n) is 15.1. The summed E-state index contributed by atoms with van der Waals surface area (Å²) in [6.45, 7) is 4.20. The largest absolute Gasteiger partial charge is 0.360 e. The van der Waals surface area contributed by atoms with Gasteiger partial charge in [0, 0.05) is 11.4 Å². The molecular formula is C23H22N2O. The van der Waals surface area contributed by atoms with Crippen molar-refractivity contribution < 1.29 is 4.79 Å². The molecule has 0 saturated heterocycles. The summed E-state index contributed by atoms with van der Waals surface area (Å²) < 4.78 is 0. The third-order valence-electron chi connectivity index (χ3n) is 4.94. The zero-order valence-corrected chi connectivity index (χ0v) is 15.1. The molecule has 1 unspecified atom stereocenters. The number of benzene rings is 3. The minimum absolute atomic E-state index is 0.0224. The molecule has 0 aromatic heterocycles. The highest BCUT2D eigenvalue weighted by atomic mass is 16.2. The predicted molar refractivity (Wildman–Crippen MR) is 107 cm³/mol. The van der Waals surface area contributed by atoms with Gasteiger partial charge in [-0.1, -0.05) is 61.0 Å². The van der Waals surface area contributed by atoms with Gasteiger partial charge in [-0.3, -0.25) is 9.69 Å². The number of nitrogens with zero attached hydrogens (tertiary/aromatic N) is 1. The molecular weight excluding hydrogens is 320 g/mol. The maximum absolute atomic E-state index is 13.3. The summed E-state index contributed by atoms with van der Waals surface area (Å²) in [7, 11) is 0. The summed E-state index contributed by atoms with van der Waals surface area (Å²) in [6.07, 6.45) is 0.752. The molecule has 1 N–H and O–H groups in total. The molecule has 1 atom stereocenters.